The van der Waals surface area contributed by atoms with E-state index >= 15 is 0 Å². The van der Waals surface area contributed by atoms with Gasteiger partial charge in [0, 0.05) is 17.0 Å². The number of hydrogen-bond donors (Lipinski definition) is 1. The van der Waals surface area contributed by atoms with Gasteiger partial charge >= 0.3 is 5.72 Å². The Morgan fingerprint density at radius 1 is 1.13 bits per heavy atom. The molecule has 0 radical (unpaired) electrons. The van der Waals surface area contributed by atoms with Crippen molar-refractivity contribution < 1.29 is 14.3 Å². The topological polar surface area (TPSA) is 63.2 Å². The van der Waals surface area contributed by atoms with Crippen molar-refractivity contribution in [3.8, 4) is 11.5 Å². The summed E-state index contributed by atoms with van der Waals surface area (Å²) in [6, 6.07) is 20.7. The quantitative estimate of drug-likeness (QED) is 0.639. The van der Waals surface area contributed by atoms with Gasteiger partial charge in [0.25, 0.3) is 5.91 Å². The lowest BCUT2D eigenvalue weighted by Crippen LogP contribution is -2.55. The number of amides is 1. The van der Waals surface area contributed by atoms with Crippen molar-refractivity contribution in [1.29, 1.82) is 0 Å². The van der Waals surface area contributed by atoms with E-state index in [4.69, 9.17) is 26.2 Å². The Labute approximate surface area is 184 Å². The molecule has 6 rings (SSSR count). The Kier molecular flexibility index (Phi) is 3.83. The van der Waals surface area contributed by atoms with Crippen LogP contribution in [0.5, 0.6) is 11.5 Å². The van der Waals surface area contributed by atoms with E-state index < -0.39 is 5.72 Å². The molecule has 1 spiro atoms. The molecule has 3 heterocycles. The van der Waals surface area contributed by atoms with Crippen LogP contribution in [0.1, 0.15) is 29.2 Å². The highest BCUT2D eigenvalue weighted by Crippen LogP contribution is 2.56. The van der Waals surface area contributed by atoms with Crippen LogP contribution < -0.4 is 14.8 Å². The number of carbonyl (C=O) groups excluding carboxylic acids is 1. The van der Waals surface area contributed by atoms with Gasteiger partial charge in [0.2, 0.25) is 0 Å². The van der Waals surface area contributed by atoms with E-state index in [1.165, 1.54) is 0 Å². The number of rotatable bonds is 2. The predicted octanol–water partition coefficient (Wildman–Crippen LogP) is 4.70. The first-order chi connectivity index (χ1) is 15.1. The fraction of sp³-hybridized carbons (Fsp3) is 0.167. The fourth-order valence-electron chi connectivity index (χ4n) is 4.66. The maximum atomic E-state index is 13.4. The van der Waals surface area contributed by atoms with Crippen molar-refractivity contribution in [3.05, 3.63) is 88.4 Å². The molecule has 1 amide bonds. The molecule has 0 saturated carbocycles. The molecule has 0 saturated heterocycles. The summed E-state index contributed by atoms with van der Waals surface area (Å²) in [6.07, 6.45) is 0.627. The third-order valence-corrected chi connectivity index (χ3v) is 6.35. The summed E-state index contributed by atoms with van der Waals surface area (Å²) >= 11 is 6.08. The van der Waals surface area contributed by atoms with Crippen LogP contribution in [-0.4, -0.2) is 23.7 Å². The van der Waals surface area contributed by atoms with Gasteiger partial charge in [0.05, 0.1) is 30.1 Å². The standard InChI is InChI=1S/C24H18ClN3O3/c1-30-21-8-4-5-16-20-13-19(14-9-11-15(25)12-10-14)27-28(20)24(31-22(16)21)17-6-2-3-7-18(17)26-23(24)29/h2-12,20H,13H2,1H3,(H,26,29)/t20-,24+/m0/s1. The summed E-state index contributed by atoms with van der Waals surface area (Å²) in [5, 5.41) is 10.4. The SMILES string of the molecule is COc1cccc2c1O[C@]1(C(=O)Nc3ccccc31)N1N=C(c3ccc(Cl)cc3)C[C@@H]21. The Balaban J connectivity index is 1.58. The zero-order chi connectivity index (χ0) is 21.2. The molecule has 2 atom stereocenters. The van der Waals surface area contributed by atoms with Gasteiger partial charge in [-0.05, 0) is 29.8 Å². The van der Waals surface area contributed by atoms with E-state index in [0.29, 0.717) is 22.9 Å². The van der Waals surface area contributed by atoms with Gasteiger partial charge < -0.3 is 14.8 Å². The van der Waals surface area contributed by atoms with E-state index in [0.717, 1.165) is 28.1 Å². The van der Waals surface area contributed by atoms with Gasteiger partial charge in [0.15, 0.2) is 11.5 Å². The molecule has 0 unspecified atom stereocenters. The molecule has 0 aliphatic carbocycles. The average Bonchev–Trinajstić information content (AvgIpc) is 3.35. The number of carbonyl (C=O) groups is 1. The minimum Gasteiger partial charge on any atom is -0.493 e. The monoisotopic (exact) mass is 431 g/mol. The van der Waals surface area contributed by atoms with Crippen LogP contribution in [0.3, 0.4) is 0 Å². The first-order valence-electron chi connectivity index (χ1n) is 10.0. The number of benzene rings is 3. The van der Waals surface area contributed by atoms with Gasteiger partial charge in [-0.25, -0.2) is 5.01 Å². The first-order valence-corrected chi connectivity index (χ1v) is 10.4. The normalized spacial score (nSPS) is 22.9. The highest BCUT2D eigenvalue weighted by Gasteiger charge is 2.61. The van der Waals surface area contributed by atoms with Crippen molar-refractivity contribution in [2.75, 3.05) is 12.4 Å². The van der Waals surface area contributed by atoms with Crippen LogP contribution in [0.15, 0.2) is 71.8 Å². The third kappa shape index (κ3) is 2.45. The molecule has 0 fully saturated rings. The highest BCUT2D eigenvalue weighted by molar-refractivity contribution is 6.30. The van der Waals surface area contributed by atoms with Crippen molar-refractivity contribution in [2.45, 2.75) is 18.2 Å². The second-order valence-electron chi connectivity index (χ2n) is 7.74. The maximum Gasteiger partial charge on any atom is 0.306 e. The van der Waals surface area contributed by atoms with Crippen LogP contribution in [0, 0.1) is 0 Å². The molecule has 3 aliphatic heterocycles. The first kappa shape index (κ1) is 18.3. The lowest BCUT2D eigenvalue weighted by molar-refractivity contribution is -0.161. The highest BCUT2D eigenvalue weighted by atomic mass is 35.5. The summed E-state index contributed by atoms with van der Waals surface area (Å²) in [4.78, 5) is 13.4. The molecule has 154 valence electrons. The summed E-state index contributed by atoms with van der Waals surface area (Å²) < 4.78 is 12.1. The maximum absolute atomic E-state index is 13.4. The van der Waals surface area contributed by atoms with E-state index in [1.807, 2.05) is 66.7 Å². The molecule has 3 aromatic carbocycles. The molecule has 3 aromatic rings. The molecule has 0 aromatic heterocycles. The van der Waals surface area contributed by atoms with Crippen molar-refractivity contribution in [2.24, 2.45) is 5.10 Å². The molecule has 1 N–H and O–H groups in total. The number of methoxy groups -OCH3 is 1. The number of ether oxygens (including phenoxy) is 2. The summed E-state index contributed by atoms with van der Waals surface area (Å²) in [6.45, 7) is 0. The Morgan fingerprint density at radius 2 is 1.94 bits per heavy atom. The number of anilines is 1. The molecule has 6 nitrogen and oxygen atoms in total. The third-order valence-electron chi connectivity index (χ3n) is 6.10. The second kappa shape index (κ2) is 6.49. The van der Waals surface area contributed by atoms with Gasteiger partial charge in [-0.15, -0.1) is 0 Å². The van der Waals surface area contributed by atoms with Gasteiger partial charge in [0.1, 0.15) is 0 Å². The smallest absolute Gasteiger partial charge is 0.306 e. The van der Waals surface area contributed by atoms with Crippen molar-refractivity contribution >= 4 is 28.9 Å². The Morgan fingerprint density at radius 3 is 2.74 bits per heavy atom. The Bertz CT molecular complexity index is 1260. The van der Waals surface area contributed by atoms with Crippen LogP contribution >= 0.6 is 11.6 Å². The van der Waals surface area contributed by atoms with Gasteiger partial charge in [-0.2, -0.15) is 5.10 Å². The number of hydrogen-bond acceptors (Lipinski definition) is 5. The fourth-order valence-corrected chi connectivity index (χ4v) is 4.79. The molecular formula is C24H18ClN3O3. The summed E-state index contributed by atoms with van der Waals surface area (Å²) in [5.41, 5.74) is 2.83. The van der Waals surface area contributed by atoms with E-state index in [1.54, 1.807) is 12.1 Å². The van der Waals surface area contributed by atoms with Crippen LogP contribution in [-0.2, 0) is 10.5 Å². The number of para-hydroxylation sites is 2. The molecule has 0 bridgehead atoms. The average molecular weight is 432 g/mol. The number of nitrogens with one attached hydrogen (secondary N) is 1. The Hall–Kier alpha value is -3.51. The number of nitrogens with zero attached hydrogens (tertiary/aromatic N) is 2. The molecule has 3 aliphatic rings. The van der Waals surface area contributed by atoms with Crippen molar-refractivity contribution in [3.63, 3.8) is 0 Å². The van der Waals surface area contributed by atoms with Crippen LogP contribution in [0.25, 0.3) is 0 Å². The predicted molar refractivity (Wildman–Crippen MR) is 118 cm³/mol. The van der Waals surface area contributed by atoms with E-state index in [-0.39, 0.29) is 11.9 Å². The van der Waals surface area contributed by atoms with E-state index in [9.17, 15) is 4.79 Å². The lowest BCUT2D eigenvalue weighted by Gasteiger charge is -2.44. The van der Waals surface area contributed by atoms with Crippen LogP contribution in [0.4, 0.5) is 5.69 Å². The second-order valence-corrected chi connectivity index (χ2v) is 8.18. The van der Waals surface area contributed by atoms with Gasteiger partial charge in [-0.1, -0.05) is 54.1 Å². The minimum absolute atomic E-state index is 0.179. The van der Waals surface area contributed by atoms with Crippen molar-refractivity contribution in [1.82, 2.24) is 5.01 Å². The molecule has 7 heteroatoms. The number of fused-ring (bicyclic) bond motifs is 6. The minimum atomic E-state index is -1.41. The number of halogens is 1. The summed E-state index contributed by atoms with van der Waals surface area (Å²) in [5.74, 6) is 0.899. The molecule has 31 heavy (non-hydrogen) atoms. The van der Waals surface area contributed by atoms with Crippen LogP contribution in [0.2, 0.25) is 5.02 Å². The van der Waals surface area contributed by atoms with Gasteiger partial charge in [-0.3, -0.25) is 4.79 Å². The van der Waals surface area contributed by atoms with E-state index in [2.05, 4.69) is 5.32 Å². The zero-order valence-corrected chi connectivity index (χ0v) is 17.4. The zero-order valence-electron chi connectivity index (χ0n) is 16.6. The summed E-state index contributed by atoms with van der Waals surface area (Å²) in [7, 11) is 1.60. The molecular weight excluding hydrogens is 414 g/mol. The number of hydrazone groups is 1. The lowest BCUT2D eigenvalue weighted by atomic mass is 9.92. The largest absolute Gasteiger partial charge is 0.493 e.